The van der Waals surface area contributed by atoms with Gasteiger partial charge in [-0.1, -0.05) is 0 Å². The number of rotatable bonds is 5. The van der Waals surface area contributed by atoms with E-state index < -0.39 is 23.8 Å². The summed E-state index contributed by atoms with van der Waals surface area (Å²) >= 11 is 0. The topological polar surface area (TPSA) is 56.1 Å². The third-order valence-electron chi connectivity index (χ3n) is 2.56. The molecule has 1 aromatic rings. The predicted molar refractivity (Wildman–Crippen MR) is 61.6 cm³/mol. The molecule has 0 aromatic carbocycles. The number of nitrogens with one attached hydrogen (secondary N) is 1. The fourth-order valence-corrected chi connectivity index (χ4v) is 1.55. The maximum atomic E-state index is 12.5. The van der Waals surface area contributed by atoms with Crippen molar-refractivity contribution in [2.75, 3.05) is 20.3 Å². The molecule has 1 rings (SSSR count). The number of carbonyl (C=O) groups is 1. The van der Waals surface area contributed by atoms with Crippen molar-refractivity contribution in [3.8, 4) is 0 Å². The molecule has 0 aliphatic heterocycles. The molecule has 0 radical (unpaired) electrons. The molecule has 0 aliphatic carbocycles. The fourth-order valence-electron chi connectivity index (χ4n) is 1.55. The van der Waals surface area contributed by atoms with Crippen LogP contribution in [-0.4, -0.2) is 35.9 Å². The third-order valence-corrected chi connectivity index (χ3v) is 2.56. The van der Waals surface area contributed by atoms with E-state index >= 15 is 0 Å². The van der Waals surface area contributed by atoms with E-state index in [-0.39, 0.29) is 5.69 Å². The first-order valence-corrected chi connectivity index (χ1v) is 5.67. The van der Waals surface area contributed by atoms with Crippen molar-refractivity contribution in [2.45, 2.75) is 26.1 Å². The van der Waals surface area contributed by atoms with Crippen LogP contribution in [0.25, 0.3) is 0 Å². The van der Waals surface area contributed by atoms with E-state index in [9.17, 15) is 18.0 Å². The van der Waals surface area contributed by atoms with Crippen molar-refractivity contribution in [3.63, 3.8) is 0 Å². The highest BCUT2D eigenvalue weighted by atomic mass is 19.4. The van der Waals surface area contributed by atoms with E-state index in [1.54, 1.807) is 0 Å². The Kier molecular flexibility index (Phi) is 4.93. The van der Waals surface area contributed by atoms with Gasteiger partial charge in [0.05, 0.1) is 6.61 Å². The van der Waals surface area contributed by atoms with Gasteiger partial charge in [-0.2, -0.15) is 18.3 Å². The predicted octanol–water partition coefficient (Wildman–Crippen LogP) is 1.53. The monoisotopic (exact) mass is 279 g/mol. The number of methoxy groups -OCH3 is 1. The van der Waals surface area contributed by atoms with Crippen LogP contribution in [0.3, 0.4) is 0 Å². The number of carbonyl (C=O) groups excluding carboxylic acids is 1. The van der Waals surface area contributed by atoms with Crippen molar-refractivity contribution in [1.29, 1.82) is 0 Å². The second kappa shape index (κ2) is 6.05. The highest BCUT2D eigenvalue weighted by Gasteiger charge is 2.35. The molecule has 1 amide bonds. The number of alkyl halides is 3. The van der Waals surface area contributed by atoms with Crippen molar-refractivity contribution in [2.24, 2.45) is 0 Å². The van der Waals surface area contributed by atoms with Gasteiger partial charge in [-0.15, -0.1) is 0 Å². The molecule has 1 heterocycles. The van der Waals surface area contributed by atoms with Gasteiger partial charge in [-0.3, -0.25) is 9.48 Å². The van der Waals surface area contributed by atoms with Gasteiger partial charge in [-0.25, -0.2) is 0 Å². The lowest BCUT2D eigenvalue weighted by Gasteiger charge is -2.14. The average Bonchev–Trinajstić information content (AvgIpc) is 2.70. The molecule has 0 saturated heterocycles. The number of ether oxygens (including phenoxy) is 1. The van der Waals surface area contributed by atoms with Gasteiger partial charge in [-0.05, 0) is 19.9 Å². The lowest BCUT2D eigenvalue weighted by molar-refractivity contribution is -0.142. The second-order valence-corrected chi connectivity index (χ2v) is 4.07. The Morgan fingerprint density at radius 3 is 2.68 bits per heavy atom. The zero-order chi connectivity index (χ0) is 14.6. The summed E-state index contributed by atoms with van der Waals surface area (Å²) < 4.78 is 43.3. The molecule has 1 N–H and O–H groups in total. The van der Waals surface area contributed by atoms with Crippen LogP contribution in [-0.2, 0) is 15.7 Å². The number of halogens is 3. The van der Waals surface area contributed by atoms with E-state index in [1.807, 2.05) is 0 Å². The molecule has 0 aliphatic rings. The molecule has 5 nitrogen and oxygen atoms in total. The number of hydrogen-bond acceptors (Lipinski definition) is 3. The fraction of sp³-hybridized carbons (Fsp3) is 0.636. The molecule has 0 bridgehead atoms. The normalized spacial score (nSPS) is 13.4. The van der Waals surface area contributed by atoms with Gasteiger partial charge >= 0.3 is 6.18 Å². The summed E-state index contributed by atoms with van der Waals surface area (Å²) in [6, 6.07) is 0.104. The van der Waals surface area contributed by atoms with Gasteiger partial charge in [0.15, 0.2) is 5.69 Å². The SMILES string of the molecule is COCCNC(=O)C(C)n1nc(C(F)(F)F)cc1C. The zero-order valence-electron chi connectivity index (χ0n) is 10.9. The quantitative estimate of drug-likeness (QED) is 0.832. The molecule has 1 atom stereocenters. The first-order valence-electron chi connectivity index (χ1n) is 5.67. The van der Waals surface area contributed by atoms with Crippen molar-refractivity contribution >= 4 is 5.91 Å². The molecular weight excluding hydrogens is 263 g/mol. The molecular formula is C11H16F3N3O2. The molecule has 0 fully saturated rings. The lowest BCUT2D eigenvalue weighted by Crippen LogP contribution is -2.34. The van der Waals surface area contributed by atoms with Gasteiger partial charge in [0.25, 0.3) is 0 Å². The summed E-state index contributed by atoms with van der Waals surface area (Å²) in [4.78, 5) is 11.7. The van der Waals surface area contributed by atoms with Crippen LogP contribution < -0.4 is 5.32 Å². The first-order chi connectivity index (χ1) is 8.77. The van der Waals surface area contributed by atoms with E-state index in [1.165, 1.54) is 21.0 Å². The van der Waals surface area contributed by atoms with E-state index in [2.05, 4.69) is 10.4 Å². The summed E-state index contributed by atoms with van der Waals surface area (Å²) in [6.45, 7) is 3.60. The van der Waals surface area contributed by atoms with E-state index in [4.69, 9.17) is 4.74 Å². The smallest absolute Gasteiger partial charge is 0.383 e. The summed E-state index contributed by atoms with van der Waals surface area (Å²) in [5.74, 6) is -0.406. The average molecular weight is 279 g/mol. The molecule has 0 spiro atoms. The minimum Gasteiger partial charge on any atom is -0.383 e. The van der Waals surface area contributed by atoms with Crippen LogP contribution in [0.5, 0.6) is 0 Å². The van der Waals surface area contributed by atoms with Gasteiger partial charge in [0.2, 0.25) is 5.91 Å². The standard InChI is InChI=1S/C11H16F3N3O2/c1-7-6-9(11(12,13)14)16-17(7)8(2)10(18)15-4-5-19-3/h6,8H,4-5H2,1-3H3,(H,15,18). The Morgan fingerprint density at radius 2 is 2.21 bits per heavy atom. The Labute approximate surface area is 108 Å². The summed E-state index contributed by atoms with van der Waals surface area (Å²) in [6.07, 6.45) is -4.51. The minimum absolute atomic E-state index is 0.279. The molecule has 19 heavy (non-hydrogen) atoms. The summed E-state index contributed by atoms with van der Waals surface area (Å²) in [5, 5.41) is 5.98. The van der Waals surface area contributed by atoms with Crippen molar-refractivity contribution in [1.82, 2.24) is 15.1 Å². The Balaban J connectivity index is 2.79. The van der Waals surface area contributed by atoms with Crippen molar-refractivity contribution < 1.29 is 22.7 Å². The van der Waals surface area contributed by atoms with Crippen LogP contribution in [0.2, 0.25) is 0 Å². The van der Waals surface area contributed by atoms with Crippen LogP contribution in [0, 0.1) is 6.92 Å². The Bertz CT molecular complexity index is 443. The number of nitrogens with zero attached hydrogens (tertiary/aromatic N) is 2. The highest BCUT2D eigenvalue weighted by molar-refractivity contribution is 5.79. The summed E-state index contributed by atoms with van der Waals surface area (Å²) in [5.41, 5.74) is -0.719. The molecule has 0 saturated carbocycles. The van der Waals surface area contributed by atoms with E-state index in [0.29, 0.717) is 13.2 Å². The first kappa shape index (κ1) is 15.5. The minimum atomic E-state index is -4.51. The largest absolute Gasteiger partial charge is 0.435 e. The molecule has 8 heteroatoms. The maximum absolute atomic E-state index is 12.5. The van der Waals surface area contributed by atoms with E-state index in [0.717, 1.165) is 10.7 Å². The highest BCUT2D eigenvalue weighted by Crippen LogP contribution is 2.29. The molecule has 1 unspecified atom stereocenters. The van der Waals surface area contributed by atoms with Crippen LogP contribution >= 0.6 is 0 Å². The van der Waals surface area contributed by atoms with Gasteiger partial charge in [0.1, 0.15) is 6.04 Å². The number of aromatic nitrogens is 2. The second-order valence-electron chi connectivity index (χ2n) is 4.07. The van der Waals surface area contributed by atoms with Crippen LogP contribution in [0.15, 0.2) is 6.07 Å². The zero-order valence-corrected chi connectivity index (χ0v) is 10.9. The lowest BCUT2D eigenvalue weighted by atomic mass is 10.3. The third kappa shape index (κ3) is 3.95. The van der Waals surface area contributed by atoms with Crippen molar-refractivity contribution in [3.05, 3.63) is 17.5 Å². The maximum Gasteiger partial charge on any atom is 0.435 e. The number of hydrogen-bond donors (Lipinski definition) is 1. The molecule has 108 valence electrons. The Morgan fingerprint density at radius 1 is 1.58 bits per heavy atom. The number of amides is 1. The van der Waals surface area contributed by atoms with Gasteiger partial charge < -0.3 is 10.1 Å². The van der Waals surface area contributed by atoms with Gasteiger partial charge in [0, 0.05) is 19.3 Å². The van der Waals surface area contributed by atoms with Crippen LogP contribution in [0.4, 0.5) is 13.2 Å². The number of aryl methyl sites for hydroxylation is 1. The molecule has 1 aromatic heterocycles. The Hall–Kier alpha value is -1.57. The summed E-state index contributed by atoms with van der Waals surface area (Å²) in [7, 11) is 1.49. The van der Waals surface area contributed by atoms with Crippen LogP contribution in [0.1, 0.15) is 24.4 Å².